The van der Waals surface area contributed by atoms with Crippen LogP contribution in [0.2, 0.25) is 0 Å². The third-order valence-electron chi connectivity index (χ3n) is 3.26. The second kappa shape index (κ2) is 5.51. The van der Waals surface area contributed by atoms with E-state index in [1.54, 1.807) is 30.5 Å². The van der Waals surface area contributed by atoms with Gasteiger partial charge in [-0.05, 0) is 23.8 Å². The van der Waals surface area contributed by atoms with Crippen LogP contribution in [0.1, 0.15) is 21.5 Å². The first kappa shape index (κ1) is 12.9. The normalized spacial score (nSPS) is 10.2. The molecule has 1 N–H and O–H groups in total. The minimum absolute atomic E-state index is 0.185. The molecule has 0 radical (unpaired) electrons. The van der Waals surface area contributed by atoms with Crippen LogP contribution in [0.5, 0.6) is 0 Å². The molecular weight excluding hydrogens is 264 g/mol. The molecule has 1 heterocycles. The van der Waals surface area contributed by atoms with Gasteiger partial charge in [0.05, 0.1) is 17.2 Å². The number of hydrogen-bond donors (Lipinski definition) is 1. The maximum absolute atomic E-state index is 12.1. The van der Waals surface area contributed by atoms with E-state index in [2.05, 4.69) is 4.98 Å². The Morgan fingerprint density at radius 2 is 1.90 bits per heavy atom. The maximum atomic E-state index is 12.1. The summed E-state index contributed by atoms with van der Waals surface area (Å²) < 4.78 is 5.31. The van der Waals surface area contributed by atoms with Crippen LogP contribution in [0.4, 0.5) is 0 Å². The highest BCUT2D eigenvalue weighted by Gasteiger charge is 2.12. The highest BCUT2D eigenvalue weighted by molar-refractivity contribution is 6.03. The third kappa shape index (κ3) is 2.63. The Bertz CT molecular complexity index is 826. The van der Waals surface area contributed by atoms with Gasteiger partial charge in [0.2, 0.25) is 0 Å². The summed E-state index contributed by atoms with van der Waals surface area (Å²) in [7, 11) is 0. The number of carbonyl (C=O) groups is 1. The number of nitrogens with one attached hydrogen (secondary N) is 1. The zero-order valence-corrected chi connectivity index (χ0v) is 11.2. The predicted octanol–water partition coefficient (Wildman–Crippen LogP) is 3.40. The van der Waals surface area contributed by atoms with Crippen molar-refractivity contribution in [2.45, 2.75) is 6.61 Å². The topological polar surface area (TPSA) is 65.9 Å². The molecule has 1 aromatic heterocycles. The minimum atomic E-state index is -0.364. The van der Waals surface area contributed by atoms with Gasteiger partial charge in [0, 0.05) is 17.1 Å². The number of aromatic nitrogens is 1. The summed E-state index contributed by atoms with van der Waals surface area (Å²) in [6.07, 6.45) is 1.66. The Balaban J connectivity index is 1.73. The molecule has 0 atom stereocenters. The lowest BCUT2D eigenvalue weighted by Gasteiger charge is -2.04. The van der Waals surface area contributed by atoms with Gasteiger partial charge in [-0.25, -0.2) is 4.79 Å². The SMILES string of the molecule is N#Cc1ccc(COC(=O)c2c[nH]c3ccccc23)cc1. The number of rotatable bonds is 3. The van der Waals surface area contributed by atoms with Crippen LogP contribution in [0, 0.1) is 11.3 Å². The van der Waals surface area contributed by atoms with E-state index in [4.69, 9.17) is 10.00 Å². The molecule has 0 spiro atoms. The molecule has 0 aliphatic rings. The van der Waals surface area contributed by atoms with E-state index in [9.17, 15) is 4.79 Å². The zero-order chi connectivity index (χ0) is 14.7. The van der Waals surface area contributed by atoms with Gasteiger partial charge in [-0.2, -0.15) is 5.26 Å². The summed E-state index contributed by atoms with van der Waals surface area (Å²) in [5, 5.41) is 9.58. The highest BCUT2D eigenvalue weighted by Crippen LogP contribution is 2.19. The molecule has 4 heteroatoms. The van der Waals surface area contributed by atoms with Crippen LogP contribution in [0.3, 0.4) is 0 Å². The van der Waals surface area contributed by atoms with Gasteiger partial charge in [0.1, 0.15) is 6.61 Å². The maximum Gasteiger partial charge on any atom is 0.340 e. The van der Waals surface area contributed by atoms with Crippen molar-refractivity contribution in [3.8, 4) is 6.07 Å². The monoisotopic (exact) mass is 276 g/mol. The van der Waals surface area contributed by atoms with Gasteiger partial charge in [-0.15, -0.1) is 0 Å². The number of carbonyl (C=O) groups excluding carboxylic acids is 1. The molecule has 0 saturated carbocycles. The van der Waals surface area contributed by atoms with E-state index in [0.29, 0.717) is 11.1 Å². The first-order valence-corrected chi connectivity index (χ1v) is 6.50. The van der Waals surface area contributed by atoms with Crippen LogP contribution < -0.4 is 0 Å². The second-order valence-corrected chi connectivity index (χ2v) is 4.63. The van der Waals surface area contributed by atoms with Crippen molar-refractivity contribution in [2.24, 2.45) is 0 Å². The van der Waals surface area contributed by atoms with Crippen molar-refractivity contribution in [3.63, 3.8) is 0 Å². The van der Waals surface area contributed by atoms with Crippen LogP contribution >= 0.6 is 0 Å². The molecule has 0 saturated heterocycles. The Labute approximate surface area is 121 Å². The molecule has 3 rings (SSSR count). The zero-order valence-electron chi connectivity index (χ0n) is 11.2. The smallest absolute Gasteiger partial charge is 0.340 e. The number of benzene rings is 2. The molecule has 0 bridgehead atoms. The van der Waals surface area contributed by atoms with Gasteiger partial charge in [0.25, 0.3) is 0 Å². The van der Waals surface area contributed by atoms with E-state index in [0.717, 1.165) is 16.5 Å². The molecule has 3 aromatic rings. The molecule has 0 amide bonds. The van der Waals surface area contributed by atoms with Gasteiger partial charge in [-0.1, -0.05) is 30.3 Å². The Hall–Kier alpha value is -3.06. The Kier molecular flexibility index (Phi) is 3.40. The van der Waals surface area contributed by atoms with Crippen LogP contribution in [-0.4, -0.2) is 11.0 Å². The number of H-pyrrole nitrogens is 1. The van der Waals surface area contributed by atoms with E-state index in [1.807, 2.05) is 30.3 Å². The molecule has 21 heavy (non-hydrogen) atoms. The number of para-hydroxylation sites is 1. The lowest BCUT2D eigenvalue weighted by molar-refractivity contribution is 0.0475. The lowest BCUT2D eigenvalue weighted by Crippen LogP contribution is -2.04. The second-order valence-electron chi connectivity index (χ2n) is 4.63. The van der Waals surface area contributed by atoms with Crippen molar-refractivity contribution in [1.29, 1.82) is 5.26 Å². The summed E-state index contributed by atoms with van der Waals surface area (Å²) >= 11 is 0. The van der Waals surface area contributed by atoms with Gasteiger partial charge in [-0.3, -0.25) is 0 Å². The van der Waals surface area contributed by atoms with E-state index >= 15 is 0 Å². The van der Waals surface area contributed by atoms with Gasteiger partial charge >= 0.3 is 5.97 Å². The summed E-state index contributed by atoms with van der Waals surface area (Å²) in [4.78, 5) is 15.2. The average molecular weight is 276 g/mol. The Morgan fingerprint density at radius 1 is 1.14 bits per heavy atom. The fourth-order valence-corrected chi connectivity index (χ4v) is 2.14. The number of ether oxygens (including phenoxy) is 1. The first-order chi connectivity index (χ1) is 10.3. The largest absolute Gasteiger partial charge is 0.457 e. The molecule has 0 aliphatic heterocycles. The predicted molar refractivity (Wildman–Crippen MR) is 78.6 cm³/mol. The van der Waals surface area contributed by atoms with Gasteiger partial charge < -0.3 is 9.72 Å². The number of fused-ring (bicyclic) bond motifs is 1. The molecular formula is C17H12N2O2. The fraction of sp³-hybridized carbons (Fsp3) is 0.0588. The number of nitrogens with zero attached hydrogens (tertiary/aromatic N) is 1. The minimum Gasteiger partial charge on any atom is -0.457 e. The molecule has 4 nitrogen and oxygen atoms in total. The van der Waals surface area contributed by atoms with E-state index in [1.165, 1.54) is 0 Å². The number of hydrogen-bond acceptors (Lipinski definition) is 3. The first-order valence-electron chi connectivity index (χ1n) is 6.50. The van der Waals surface area contributed by atoms with Crippen LogP contribution in [-0.2, 0) is 11.3 Å². The van der Waals surface area contributed by atoms with Crippen molar-refractivity contribution in [1.82, 2.24) is 4.98 Å². The van der Waals surface area contributed by atoms with E-state index in [-0.39, 0.29) is 12.6 Å². The fourth-order valence-electron chi connectivity index (χ4n) is 2.14. The number of nitriles is 1. The van der Waals surface area contributed by atoms with Crippen molar-refractivity contribution >= 4 is 16.9 Å². The molecule has 0 aliphatic carbocycles. The van der Waals surface area contributed by atoms with Crippen molar-refractivity contribution in [3.05, 3.63) is 71.4 Å². The van der Waals surface area contributed by atoms with Crippen molar-refractivity contribution in [2.75, 3.05) is 0 Å². The summed E-state index contributed by atoms with van der Waals surface area (Å²) in [5.41, 5.74) is 2.87. The lowest BCUT2D eigenvalue weighted by atomic mass is 10.1. The number of esters is 1. The quantitative estimate of drug-likeness (QED) is 0.745. The molecule has 102 valence electrons. The van der Waals surface area contributed by atoms with Gasteiger partial charge in [0.15, 0.2) is 0 Å². The highest BCUT2D eigenvalue weighted by atomic mass is 16.5. The summed E-state index contributed by atoms with van der Waals surface area (Å²) in [6, 6.07) is 16.6. The Morgan fingerprint density at radius 3 is 2.67 bits per heavy atom. The molecule has 0 unspecified atom stereocenters. The number of aromatic amines is 1. The third-order valence-corrected chi connectivity index (χ3v) is 3.26. The summed E-state index contributed by atoms with van der Waals surface area (Å²) in [6.45, 7) is 0.185. The molecule has 0 fully saturated rings. The van der Waals surface area contributed by atoms with Crippen molar-refractivity contribution < 1.29 is 9.53 Å². The van der Waals surface area contributed by atoms with Crippen LogP contribution in [0.15, 0.2) is 54.7 Å². The standard InChI is InChI=1S/C17H12N2O2/c18-9-12-5-7-13(8-6-12)11-21-17(20)15-10-19-16-4-2-1-3-14(15)16/h1-8,10,19H,11H2. The summed E-state index contributed by atoms with van der Waals surface area (Å²) in [5.74, 6) is -0.364. The van der Waals surface area contributed by atoms with Crippen LogP contribution in [0.25, 0.3) is 10.9 Å². The average Bonchev–Trinajstić information content (AvgIpc) is 2.97. The van der Waals surface area contributed by atoms with E-state index < -0.39 is 0 Å². The molecule has 2 aromatic carbocycles.